The summed E-state index contributed by atoms with van der Waals surface area (Å²) < 4.78 is 21.0. The minimum atomic E-state index is -0.779. The molecular formula is C19H38NO6+. The molecule has 154 valence electrons. The zero-order valence-corrected chi connectivity index (χ0v) is 17.6. The van der Waals surface area contributed by atoms with Gasteiger partial charge in [-0.15, -0.1) is 0 Å². The number of quaternary nitrogens is 1. The summed E-state index contributed by atoms with van der Waals surface area (Å²) in [4.78, 5) is 26.1. The summed E-state index contributed by atoms with van der Waals surface area (Å²) in [5.74, 6) is -0.658. The Labute approximate surface area is 158 Å². The van der Waals surface area contributed by atoms with Crippen molar-refractivity contribution in [1.82, 2.24) is 0 Å². The van der Waals surface area contributed by atoms with Crippen LogP contribution in [0.2, 0.25) is 0 Å². The van der Waals surface area contributed by atoms with Crippen molar-refractivity contribution in [2.45, 2.75) is 47.5 Å². The van der Waals surface area contributed by atoms with E-state index in [4.69, 9.17) is 18.9 Å². The van der Waals surface area contributed by atoms with Crippen LogP contribution in [-0.4, -0.2) is 65.8 Å². The lowest BCUT2D eigenvalue weighted by Crippen LogP contribution is -3.06. The van der Waals surface area contributed by atoms with E-state index in [1.54, 1.807) is 13.8 Å². The Morgan fingerprint density at radius 3 is 2.04 bits per heavy atom. The van der Waals surface area contributed by atoms with Crippen LogP contribution >= 0.6 is 0 Å². The minimum Gasteiger partial charge on any atom is -0.459 e. The molecule has 0 spiro atoms. The molecule has 0 saturated heterocycles. The molecule has 0 heterocycles. The van der Waals surface area contributed by atoms with Gasteiger partial charge in [0, 0.05) is 6.61 Å². The fourth-order valence-electron chi connectivity index (χ4n) is 2.52. The van der Waals surface area contributed by atoms with Crippen LogP contribution in [-0.2, 0) is 28.5 Å². The molecular weight excluding hydrogens is 338 g/mol. The summed E-state index contributed by atoms with van der Waals surface area (Å²) in [6, 6.07) is 0. The molecule has 26 heavy (non-hydrogen) atoms. The Morgan fingerprint density at radius 2 is 1.50 bits per heavy atom. The lowest BCUT2D eigenvalue weighted by molar-refractivity contribution is -0.858. The Bertz CT molecular complexity index is 424. The highest BCUT2D eigenvalue weighted by atomic mass is 16.7. The number of likely N-dealkylation sites (N-methyl/N-ethyl adjacent to an activating group) is 1. The molecule has 0 saturated carbocycles. The molecule has 0 radical (unpaired) electrons. The molecule has 7 nitrogen and oxygen atoms in total. The van der Waals surface area contributed by atoms with Gasteiger partial charge in [0.1, 0.15) is 13.2 Å². The number of ether oxygens (including phenoxy) is 4. The number of hydrogen-bond donors (Lipinski definition) is 1. The molecule has 0 aliphatic rings. The Balaban J connectivity index is 4.55. The van der Waals surface area contributed by atoms with Gasteiger partial charge in [0.2, 0.25) is 0 Å². The number of hydrogen-bond acceptors (Lipinski definition) is 6. The molecule has 0 aromatic heterocycles. The van der Waals surface area contributed by atoms with Crippen molar-refractivity contribution in [2.75, 3.05) is 53.9 Å². The van der Waals surface area contributed by atoms with Crippen molar-refractivity contribution in [1.29, 1.82) is 0 Å². The molecule has 0 amide bonds. The van der Waals surface area contributed by atoms with Crippen molar-refractivity contribution in [3.63, 3.8) is 0 Å². The van der Waals surface area contributed by atoms with Gasteiger partial charge in [-0.25, -0.2) is 0 Å². The van der Waals surface area contributed by atoms with Crippen molar-refractivity contribution < 1.29 is 33.4 Å². The number of rotatable bonds is 14. The van der Waals surface area contributed by atoms with Crippen LogP contribution in [0.1, 0.15) is 47.5 Å². The lowest BCUT2D eigenvalue weighted by atomic mass is 9.72. The monoisotopic (exact) mass is 376 g/mol. The topological polar surface area (TPSA) is 75.5 Å². The summed E-state index contributed by atoms with van der Waals surface area (Å²) >= 11 is 0. The zero-order valence-electron chi connectivity index (χ0n) is 17.6. The Morgan fingerprint density at radius 1 is 0.885 bits per heavy atom. The van der Waals surface area contributed by atoms with Crippen LogP contribution < -0.4 is 4.90 Å². The second kappa shape index (κ2) is 12.3. The van der Waals surface area contributed by atoms with Crippen molar-refractivity contribution in [2.24, 2.45) is 10.8 Å². The second-order valence-corrected chi connectivity index (χ2v) is 7.72. The summed E-state index contributed by atoms with van der Waals surface area (Å²) in [6.45, 7) is 11.7. The normalized spacial score (nSPS) is 14.2. The highest BCUT2D eigenvalue weighted by molar-refractivity contribution is 5.80. The maximum atomic E-state index is 12.5. The number of carbonyl (C=O) groups is 2. The summed E-state index contributed by atoms with van der Waals surface area (Å²) in [5.41, 5.74) is -1.56. The second-order valence-electron chi connectivity index (χ2n) is 7.72. The summed E-state index contributed by atoms with van der Waals surface area (Å²) in [5, 5.41) is 0. The van der Waals surface area contributed by atoms with Crippen LogP contribution in [0, 0.1) is 10.8 Å². The van der Waals surface area contributed by atoms with Gasteiger partial charge in [-0.2, -0.15) is 0 Å². The largest absolute Gasteiger partial charge is 0.459 e. The van der Waals surface area contributed by atoms with Crippen LogP contribution in [0.3, 0.4) is 0 Å². The molecule has 1 unspecified atom stereocenters. The van der Waals surface area contributed by atoms with Gasteiger partial charge in [0.25, 0.3) is 0 Å². The summed E-state index contributed by atoms with van der Waals surface area (Å²) in [7, 11) is 4.00. The van der Waals surface area contributed by atoms with E-state index in [0.29, 0.717) is 39.3 Å². The van der Waals surface area contributed by atoms with E-state index in [-0.39, 0.29) is 18.7 Å². The smallest absolute Gasteiger partial charge is 0.313 e. The van der Waals surface area contributed by atoms with Crippen molar-refractivity contribution >= 4 is 11.9 Å². The third kappa shape index (κ3) is 9.50. The maximum absolute atomic E-state index is 12.5. The van der Waals surface area contributed by atoms with E-state index in [9.17, 15) is 9.59 Å². The van der Waals surface area contributed by atoms with Gasteiger partial charge < -0.3 is 23.8 Å². The van der Waals surface area contributed by atoms with Crippen molar-refractivity contribution in [3.05, 3.63) is 0 Å². The highest BCUT2D eigenvalue weighted by Crippen LogP contribution is 2.38. The van der Waals surface area contributed by atoms with E-state index in [1.165, 1.54) is 4.90 Å². The van der Waals surface area contributed by atoms with Gasteiger partial charge >= 0.3 is 11.9 Å². The van der Waals surface area contributed by atoms with Crippen molar-refractivity contribution in [3.8, 4) is 0 Å². The molecule has 0 aliphatic heterocycles. The molecule has 1 atom stereocenters. The predicted molar refractivity (Wildman–Crippen MR) is 98.8 cm³/mol. The van der Waals surface area contributed by atoms with E-state index in [2.05, 4.69) is 0 Å². The van der Waals surface area contributed by atoms with E-state index in [0.717, 1.165) is 6.54 Å². The van der Waals surface area contributed by atoms with Crippen LogP contribution in [0.25, 0.3) is 0 Å². The van der Waals surface area contributed by atoms with E-state index in [1.807, 2.05) is 34.9 Å². The first kappa shape index (κ1) is 24.8. The average Bonchev–Trinajstić information content (AvgIpc) is 2.56. The third-order valence-electron chi connectivity index (χ3n) is 4.34. The van der Waals surface area contributed by atoms with Crippen LogP contribution in [0.5, 0.6) is 0 Å². The van der Waals surface area contributed by atoms with Gasteiger partial charge in [-0.05, 0) is 40.5 Å². The zero-order chi connectivity index (χ0) is 20.2. The lowest BCUT2D eigenvalue weighted by Gasteiger charge is -2.33. The summed E-state index contributed by atoms with van der Waals surface area (Å²) in [6.07, 6.45) is 0.908. The molecule has 0 aromatic rings. The molecule has 0 bridgehead atoms. The van der Waals surface area contributed by atoms with E-state index < -0.39 is 10.8 Å². The number of nitrogens with one attached hydrogen (secondary N) is 1. The fourth-order valence-corrected chi connectivity index (χ4v) is 2.52. The predicted octanol–water partition coefficient (Wildman–Crippen LogP) is 1.06. The molecule has 0 rings (SSSR count). The van der Waals surface area contributed by atoms with Gasteiger partial charge in [-0.1, -0.05) is 6.92 Å². The first-order chi connectivity index (χ1) is 12.1. The Kier molecular flexibility index (Phi) is 11.7. The van der Waals surface area contributed by atoms with Gasteiger partial charge in [0.15, 0.2) is 6.79 Å². The van der Waals surface area contributed by atoms with Crippen LogP contribution in [0.4, 0.5) is 0 Å². The quantitative estimate of drug-likeness (QED) is 0.278. The number of carbonyl (C=O) groups excluding carboxylic acids is 2. The molecule has 0 aromatic carbocycles. The third-order valence-corrected chi connectivity index (χ3v) is 4.34. The highest BCUT2D eigenvalue weighted by Gasteiger charge is 2.43. The molecule has 0 fully saturated rings. The molecule has 0 aliphatic carbocycles. The first-order valence-electron chi connectivity index (χ1n) is 9.38. The standard InChI is InChI=1S/C19H37NO6/c1-8-19(5,17(22)26-15-24-13-12-23-9-2)14-18(3,4)16(21)25-11-10-20(6)7/h8-15H2,1-7H3/p+1. The average molecular weight is 377 g/mol. The fraction of sp³-hybridized carbons (Fsp3) is 0.895. The van der Waals surface area contributed by atoms with Gasteiger partial charge in [0.05, 0.1) is 38.1 Å². The molecule has 7 heteroatoms. The minimum absolute atomic E-state index is 0.113. The van der Waals surface area contributed by atoms with Crippen LogP contribution in [0.15, 0.2) is 0 Å². The Hall–Kier alpha value is -1.18. The van der Waals surface area contributed by atoms with E-state index >= 15 is 0 Å². The molecule has 1 N–H and O–H groups in total. The number of esters is 2. The SMILES string of the molecule is CCOCCOCOC(=O)C(C)(CC)CC(C)(C)C(=O)OCC[NH+](C)C. The first-order valence-corrected chi connectivity index (χ1v) is 9.38. The van der Waals surface area contributed by atoms with Gasteiger partial charge in [-0.3, -0.25) is 9.59 Å². The maximum Gasteiger partial charge on any atom is 0.313 e.